The first kappa shape index (κ1) is 21.0. The molecule has 142 valence electrons. The fourth-order valence-corrected chi connectivity index (χ4v) is 2.56. The van der Waals surface area contributed by atoms with Crippen molar-refractivity contribution in [2.75, 3.05) is 0 Å². The number of aliphatic carboxylic acids is 1. The molecule has 2 N–H and O–H groups in total. The molecule has 9 heteroatoms. The Bertz CT molecular complexity index is 624. The number of halogens is 3. The number of alkyl halides is 3. The van der Waals surface area contributed by atoms with Crippen molar-refractivity contribution in [3.63, 3.8) is 0 Å². The maximum absolute atomic E-state index is 12.4. The van der Waals surface area contributed by atoms with Crippen LogP contribution in [0.25, 0.3) is 0 Å². The number of amides is 1. The van der Waals surface area contributed by atoms with Crippen LogP contribution in [0, 0.1) is 19.8 Å². The van der Waals surface area contributed by atoms with E-state index in [1.807, 2.05) is 16.9 Å². The molecule has 1 atom stereocenters. The summed E-state index contributed by atoms with van der Waals surface area (Å²) >= 11 is 0. The lowest BCUT2D eigenvalue weighted by Crippen LogP contribution is -2.43. The minimum Gasteiger partial charge on any atom is -0.480 e. The van der Waals surface area contributed by atoms with E-state index in [9.17, 15) is 22.8 Å². The van der Waals surface area contributed by atoms with Gasteiger partial charge in [-0.25, -0.2) is 4.79 Å². The summed E-state index contributed by atoms with van der Waals surface area (Å²) in [6.45, 7) is 8.51. The Morgan fingerprint density at radius 3 is 2.36 bits per heavy atom. The number of hydrogen-bond acceptors (Lipinski definition) is 3. The minimum atomic E-state index is -4.67. The molecule has 0 radical (unpaired) electrons. The van der Waals surface area contributed by atoms with E-state index in [-0.39, 0.29) is 6.42 Å². The Morgan fingerprint density at radius 2 is 1.88 bits per heavy atom. The second-order valence-corrected chi connectivity index (χ2v) is 6.50. The van der Waals surface area contributed by atoms with Crippen LogP contribution in [0.5, 0.6) is 0 Å². The Kier molecular flexibility index (Phi) is 7.01. The predicted molar refractivity (Wildman–Crippen MR) is 85.1 cm³/mol. The molecule has 0 aromatic carbocycles. The second-order valence-electron chi connectivity index (χ2n) is 6.50. The predicted octanol–water partition coefficient (Wildman–Crippen LogP) is 2.61. The van der Waals surface area contributed by atoms with Crippen LogP contribution in [0.1, 0.15) is 43.6 Å². The molecule has 1 heterocycles. The third-order valence-corrected chi connectivity index (χ3v) is 3.74. The van der Waals surface area contributed by atoms with Gasteiger partial charge in [0.25, 0.3) is 0 Å². The fraction of sp³-hybridized carbons (Fsp3) is 0.688. The van der Waals surface area contributed by atoms with Crippen molar-refractivity contribution in [3.05, 3.63) is 17.0 Å². The van der Waals surface area contributed by atoms with Gasteiger partial charge in [-0.15, -0.1) is 0 Å². The van der Waals surface area contributed by atoms with Crippen molar-refractivity contribution < 1.29 is 27.9 Å². The van der Waals surface area contributed by atoms with Gasteiger partial charge in [0, 0.05) is 18.7 Å². The van der Waals surface area contributed by atoms with Gasteiger partial charge in [-0.05, 0) is 31.7 Å². The van der Waals surface area contributed by atoms with Crippen molar-refractivity contribution in [2.24, 2.45) is 5.92 Å². The van der Waals surface area contributed by atoms with Crippen LogP contribution in [0.4, 0.5) is 13.2 Å². The van der Waals surface area contributed by atoms with Crippen LogP contribution in [-0.4, -0.2) is 39.0 Å². The largest absolute Gasteiger partial charge is 0.480 e. The zero-order chi connectivity index (χ0) is 19.4. The summed E-state index contributed by atoms with van der Waals surface area (Å²) in [5.74, 6) is -2.04. The highest BCUT2D eigenvalue weighted by Crippen LogP contribution is 2.22. The normalized spacial score (nSPS) is 13.1. The Labute approximate surface area is 144 Å². The number of aryl methyl sites for hydroxylation is 1. The quantitative estimate of drug-likeness (QED) is 0.744. The Hall–Kier alpha value is -2.06. The van der Waals surface area contributed by atoms with Crippen molar-refractivity contribution in [2.45, 2.75) is 65.7 Å². The molecule has 0 aliphatic rings. The molecular weight excluding hydrogens is 339 g/mol. The molecule has 0 saturated heterocycles. The van der Waals surface area contributed by atoms with Crippen LogP contribution >= 0.6 is 0 Å². The first-order valence-corrected chi connectivity index (χ1v) is 8.02. The molecule has 0 spiro atoms. The molecule has 25 heavy (non-hydrogen) atoms. The summed E-state index contributed by atoms with van der Waals surface area (Å²) in [7, 11) is 0. The van der Waals surface area contributed by atoms with Gasteiger partial charge in [-0.2, -0.15) is 18.3 Å². The zero-order valence-electron chi connectivity index (χ0n) is 14.8. The van der Waals surface area contributed by atoms with Crippen molar-refractivity contribution in [1.82, 2.24) is 15.1 Å². The van der Waals surface area contributed by atoms with E-state index < -0.39 is 30.5 Å². The molecule has 1 amide bonds. The topological polar surface area (TPSA) is 84.2 Å². The third kappa shape index (κ3) is 6.75. The van der Waals surface area contributed by atoms with Crippen LogP contribution in [0.3, 0.4) is 0 Å². The third-order valence-electron chi connectivity index (χ3n) is 3.74. The molecule has 1 aromatic rings. The second kappa shape index (κ2) is 8.35. The SMILES string of the molecule is Cc1nn(CC(C)C)c(C)c1CCC(=O)NC(CC(F)(F)F)C(=O)O. The fourth-order valence-electron chi connectivity index (χ4n) is 2.56. The number of carboxylic acids is 1. The molecule has 0 fully saturated rings. The number of carbonyl (C=O) groups is 2. The molecule has 0 saturated carbocycles. The van der Waals surface area contributed by atoms with E-state index in [4.69, 9.17) is 5.11 Å². The Balaban J connectivity index is 2.70. The molecular formula is C16H24F3N3O3. The molecule has 6 nitrogen and oxygen atoms in total. The maximum Gasteiger partial charge on any atom is 0.391 e. The number of carboxylic acid groups (broad SMARTS) is 1. The van der Waals surface area contributed by atoms with E-state index in [0.29, 0.717) is 12.3 Å². The highest BCUT2D eigenvalue weighted by Gasteiger charge is 2.36. The standard InChI is InChI=1S/C16H24F3N3O3/c1-9(2)8-22-11(4)12(10(3)21-22)5-6-14(23)20-13(15(24)25)7-16(17,18)19/h9,13H,5-8H2,1-4H3,(H,20,23)(H,24,25). The van der Waals surface area contributed by atoms with Crippen LogP contribution in [-0.2, 0) is 22.6 Å². The molecule has 1 unspecified atom stereocenters. The highest BCUT2D eigenvalue weighted by molar-refractivity contribution is 5.83. The number of hydrogen-bond donors (Lipinski definition) is 2. The summed E-state index contributed by atoms with van der Waals surface area (Å²) in [5.41, 5.74) is 2.53. The van der Waals surface area contributed by atoms with Crippen molar-refractivity contribution in [3.8, 4) is 0 Å². The zero-order valence-corrected chi connectivity index (χ0v) is 14.8. The molecule has 0 aliphatic heterocycles. The van der Waals surface area contributed by atoms with E-state index in [0.717, 1.165) is 23.5 Å². The lowest BCUT2D eigenvalue weighted by molar-refractivity contribution is -0.160. The van der Waals surface area contributed by atoms with E-state index in [1.54, 1.807) is 6.92 Å². The van der Waals surface area contributed by atoms with Gasteiger partial charge in [-0.1, -0.05) is 13.8 Å². The first-order chi connectivity index (χ1) is 11.4. The van der Waals surface area contributed by atoms with Gasteiger partial charge in [0.2, 0.25) is 5.91 Å². The summed E-state index contributed by atoms with van der Waals surface area (Å²) in [6, 6.07) is -1.97. The van der Waals surface area contributed by atoms with Crippen molar-refractivity contribution in [1.29, 1.82) is 0 Å². The Morgan fingerprint density at radius 1 is 1.28 bits per heavy atom. The van der Waals surface area contributed by atoms with Gasteiger partial charge < -0.3 is 10.4 Å². The highest BCUT2D eigenvalue weighted by atomic mass is 19.4. The van der Waals surface area contributed by atoms with Crippen LogP contribution in [0.15, 0.2) is 0 Å². The summed E-state index contributed by atoms with van der Waals surface area (Å²) in [5, 5.41) is 15.2. The smallest absolute Gasteiger partial charge is 0.391 e. The molecule has 0 bridgehead atoms. The average molecular weight is 363 g/mol. The number of aromatic nitrogens is 2. The average Bonchev–Trinajstić information content (AvgIpc) is 2.68. The van der Waals surface area contributed by atoms with Crippen molar-refractivity contribution >= 4 is 11.9 Å². The van der Waals surface area contributed by atoms with Gasteiger partial charge in [0.05, 0.1) is 12.1 Å². The lowest BCUT2D eigenvalue weighted by Gasteiger charge is -2.16. The van der Waals surface area contributed by atoms with Gasteiger partial charge >= 0.3 is 12.1 Å². The summed E-state index contributed by atoms with van der Waals surface area (Å²) in [6.07, 6.45) is -6.07. The van der Waals surface area contributed by atoms with E-state index in [1.165, 1.54) is 0 Å². The van der Waals surface area contributed by atoms with Gasteiger partial charge in [0.1, 0.15) is 6.04 Å². The van der Waals surface area contributed by atoms with Crippen LogP contribution < -0.4 is 5.32 Å². The number of nitrogens with one attached hydrogen (secondary N) is 1. The number of nitrogens with zero attached hydrogens (tertiary/aromatic N) is 2. The number of carbonyl (C=O) groups excluding carboxylic acids is 1. The van der Waals surface area contributed by atoms with E-state index >= 15 is 0 Å². The lowest BCUT2D eigenvalue weighted by atomic mass is 10.1. The molecule has 1 aromatic heterocycles. The number of rotatable bonds is 8. The van der Waals surface area contributed by atoms with Crippen LogP contribution in [0.2, 0.25) is 0 Å². The summed E-state index contributed by atoms with van der Waals surface area (Å²) in [4.78, 5) is 22.7. The monoisotopic (exact) mass is 363 g/mol. The minimum absolute atomic E-state index is 0.101. The molecule has 1 rings (SSSR count). The van der Waals surface area contributed by atoms with Gasteiger partial charge in [0.15, 0.2) is 0 Å². The molecule has 0 aliphatic carbocycles. The van der Waals surface area contributed by atoms with E-state index in [2.05, 4.69) is 18.9 Å². The first-order valence-electron chi connectivity index (χ1n) is 8.02. The maximum atomic E-state index is 12.4. The van der Waals surface area contributed by atoms with Gasteiger partial charge in [-0.3, -0.25) is 9.48 Å². The summed E-state index contributed by atoms with van der Waals surface area (Å²) < 4.78 is 38.9.